The maximum Gasteiger partial charge on any atom is 0.191 e. The number of rotatable bonds is 6. The van der Waals surface area contributed by atoms with E-state index in [9.17, 15) is 0 Å². The van der Waals surface area contributed by atoms with Crippen LogP contribution in [0.5, 0.6) is 11.5 Å². The van der Waals surface area contributed by atoms with Crippen LogP contribution in [0.1, 0.15) is 16.7 Å². The van der Waals surface area contributed by atoms with Crippen molar-refractivity contribution in [3.63, 3.8) is 0 Å². The molecule has 0 fully saturated rings. The number of aryl methyl sites for hydroxylation is 2. The Kier molecular flexibility index (Phi) is 6.94. The molecule has 0 aliphatic heterocycles. The van der Waals surface area contributed by atoms with Gasteiger partial charge in [0.05, 0.1) is 13.3 Å². The molecule has 134 valence electrons. The zero-order valence-corrected chi connectivity index (χ0v) is 15.7. The van der Waals surface area contributed by atoms with Crippen LogP contribution in [-0.2, 0) is 0 Å². The molecule has 2 aromatic rings. The number of hydrazone groups is 1. The van der Waals surface area contributed by atoms with E-state index in [0.717, 1.165) is 22.4 Å². The Morgan fingerprint density at radius 3 is 2.62 bits per heavy atom. The number of methoxy groups -OCH3 is 1. The van der Waals surface area contributed by atoms with Crippen molar-refractivity contribution < 1.29 is 9.47 Å². The van der Waals surface area contributed by atoms with Gasteiger partial charge in [0.2, 0.25) is 0 Å². The average Bonchev–Trinajstić information content (AvgIpc) is 2.63. The smallest absolute Gasteiger partial charge is 0.191 e. The molecule has 0 unspecified atom stereocenters. The number of anilines is 1. The van der Waals surface area contributed by atoms with E-state index in [4.69, 9.17) is 27.0 Å². The number of hydrogen-bond donors (Lipinski definition) is 2. The summed E-state index contributed by atoms with van der Waals surface area (Å²) in [6.45, 7) is 4.00. The minimum absolute atomic E-state index is 0.0381. The van der Waals surface area contributed by atoms with Crippen molar-refractivity contribution in [3.8, 4) is 17.6 Å². The largest absolute Gasteiger partial charge is 0.493 e. The molecule has 0 saturated carbocycles. The SMILES string of the molecule is COc1cc(/C=N\NC(=S)Nc2c(C)cccc2C)ccc1OCC#N. The van der Waals surface area contributed by atoms with Crippen molar-refractivity contribution in [3.05, 3.63) is 53.1 Å². The lowest BCUT2D eigenvalue weighted by molar-refractivity contribution is 0.329. The van der Waals surface area contributed by atoms with Crippen molar-refractivity contribution in [1.82, 2.24) is 5.43 Å². The highest BCUT2D eigenvalue weighted by Gasteiger charge is 2.05. The first-order chi connectivity index (χ1) is 12.5. The standard InChI is InChI=1S/C19H20N4O2S/c1-13-5-4-6-14(2)18(13)22-19(26)23-21-12-15-7-8-16(25-10-9-20)17(11-15)24-3/h4-8,11-12H,10H2,1-3H3,(H2,22,23,26)/b21-12-. The predicted molar refractivity (Wildman–Crippen MR) is 107 cm³/mol. The van der Waals surface area contributed by atoms with Crippen LogP contribution in [0, 0.1) is 25.2 Å². The van der Waals surface area contributed by atoms with Crippen molar-refractivity contribution in [1.29, 1.82) is 5.26 Å². The number of hydrogen-bond acceptors (Lipinski definition) is 5. The molecule has 0 atom stereocenters. The molecule has 2 aromatic carbocycles. The monoisotopic (exact) mass is 368 g/mol. The highest BCUT2D eigenvalue weighted by atomic mass is 32.1. The van der Waals surface area contributed by atoms with Gasteiger partial charge in [-0.1, -0.05) is 18.2 Å². The van der Waals surface area contributed by atoms with Gasteiger partial charge in [0.15, 0.2) is 23.2 Å². The molecule has 2 N–H and O–H groups in total. The summed E-state index contributed by atoms with van der Waals surface area (Å²) in [6, 6.07) is 13.3. The van der Waals surface area contributed by atoms with Crippen molar-refractivity contribution in [2.75, 3.05) is 19.0 Å². The summed E-state index contributed by atoms with van der Waals surface area (Å²) in [4.78, 5) is 0. The molecule has 0 amide bonds. The van der Waals surface area contributed by atoms with Crippen molar-refractivity contribution >= 4 is 29.2 Å². The molecule has 26 heavy (non-hydrogen) atoms. The second-order valence-electron chi connectivity index (χ2n) is 5.45. The molecule has 0 aromatic heterocycles. The van der Waals surface area contributed by atoms with Gasteiger partial charge < -0.3 is 14.8 Å². The minimum atomic E-state index is -0.0381. The van der Waals surface area contributed by atoms with Crippen LogP contribution in [0.15, 0.2) is 41.5 Å². The van der Waals surface area contributed by atoms with Gasteiger partial charge in [0.1, 0.15) is 6.07 Å². The van der Waals surface area contributed by atoms with E-state index in [-0.39, 0.29) is 6.61 Å². The lowest BCUT2D eigenvalue weighted by atomic mass is 10.1. The minimum Gasteiger partial charge on any atom is -0.493 e. The number of ether oxygens (including phenoxy) is 2. The van der Waals surface area contributed by atoms with Gasteiger partial charge >= 0.3 is 0 Å². The molecule has 2 rings (SSSR count). The van der Waals surface area contributed by atoms with Gasteiger partial charge in [0, 0.05) is 5.69 Å². The van der Waals surface area contributed by atoms with Gasteiger partial charge in [-0.3, -0.25) is 5.43 Å². The van der Waals surface area contributed by atoms with Crippen LogP contribution in [0.3, 0.4) is 0 Å². The van der Waals surface area contributed by atoms with E-state index in [1.165, 1.54) is 7.11 Å². The van der Waals surface area contributed by atoms with Crippen LogP contribution < -0.4 is 20.2 Å². The third kappa shape index (κ3) is 5.19. The summed E-state index contributed by atoms with van der Waals surface area (Å²) in [5, 5.41) is 16.3. The van der Waals surface area contributed by atoms with Crippen LogP contribution in [0.2, 0.25) is 0 Å². The fraction of sp³-hybridized carbons (Fsp3) is 0.211. The van der Waals surface area contributed by atoms with Crippen LogP contribution >= 0.6 is 12.2 Å². The number of nitrogens with zero attached hydrogens (tertiary/aromatic N) is 2. The molecule has 0 aliphatic carbocycles. The summed E-state index contributed by atoms with van der Waals surface area (Å²) in [6.07, 6.45) is 1.62. The first kappa shape index (κ1) is 19.2. The summed E-state index contributed by atoms with van der Waals surface area (Å²) in [5.74, 6) is 1.03. The molecule has 7 heteroatoms. The average molecular weight is 368 g/mol. The third-order valence-corrected chi connectivity index (χ3v) is 3.77. The number of para-hydroxylation sites is 1. The van der Waals surface area contributed by atoms with E-state index < -0.39 is 0 Å². The second-order valence-corrected chi connectivity index (χ2v) is 5.86. The molecule has 0 spiro atoms. The third-order valence-electron chi connectivity index (χ3n) is 3.58. The Balaban J connectivity index is 1.99. The summed E-state index contributed by atoms with van der Waals surface area (Å²) >= 11 is 5.28. The van der Waals surface area contributed by atoms with E-state index >= 15 is 0 Å². The molecule has 0 bridgehead atoms. The Morgan fingerprint density at radius 1 is 1.23 bits per heavy atom. The van der Waals surface area contributed by atoms with Gasteiger partial charge in [0.25, 0.3) is 0 Å². The van der Waals surface area contributed by atoms with E-state index in [1.807, 2.05) is 44.2 Å². The van der Waals surface area contributed by atoms with Crippen LogP contribution in [-0.4, -0.2) is 25.0 Å². The normalized spacial score (nSPS) is 10.2. The Hall–Kier alpha value is -3.11. The Labute approximate surface area is 158 Å². The van der Waals surface area contributed by atoms with E-state index in [0.29, 0.717) is 16.6 Å². The van der Waals surface area contributed by atoms with Gasteiger partial charge in [-0.05, 0) is 61.0 Å². The zero-order valence-electron chi connectivity index (χ0n) is 14.9. The molecule has 6 nitrogen and oxygen atoms in total. The molecule has 0 saturated heterocycles. The summed E-state index contributed by atoms with van der Waals surface area (Å²) in [7, 11) is 1.54. The number of thiocarbonyl (C=S) groups is 1. The van der Waals surface area contributed by atoms with E-state index in [1.54, 1.807) is 18.3 Å². The maximum absolute atomic E-state index is 8.59. The molecular weight excluding hydrogens is 348 g/mol. The maximum atomic E-state index is 8.59. The molecule has 0 aliphatic rings. The zero-order chi connectivity index (χ0) is 18.9. The first-order valence-corrected chi connectivity index (χ1v) is 8.30. The number of nitriles is 1. The molecule has 0 heterocycles. The van der Waals surface area contributed by atoms with Crippen molar-refractivity contribution in [2.45, 2.75) is 13.8 Å². The van der Waals surface area contributed by atoms with Gasteiger partial charge in [-0.25, -0.2) is 0 Å². The second kappa shape index (κ2) is 9.39. The van der Waals surface area contributed by atoms with E-state index in [2.05, 4.69) is 15.8 Å². The molecular formula is C19H20N4O2S. The lowest BCUT2D eigenvalue weighted by Crippen LogP contribution is -2.24. The summed E-state index contributed by atoms with van der Waals surface area (Å²) in [5.41, 5.74) is 6.78. The number of nitrogens with one attached hydrogen (secondary N) is 2. The fourth-order valence-corrected chi connectivity index (χ4v) is 2.47. The molecule has 0 radical (unpaired) electrons. The Morgan fingerprint density at radius 2 is 1.96 bits per heavy atom. The van der Waals surface area contributed by atoms with Crippen molar-refractivity contribution in [2.24, 2.45) is 5.10 Å². The van der Waals surface area contributed by atoms with Crippen LogP contribution in [0.25, 0.3) is 0 Å². The van der Waals surface area contributed by atoms with Crippen LogP contribution in [0.4, 0.5) is 5.69 Å². The highest BCUT2D eigenvalue weighted by Crippen LogP contribution is 2.27. The summed E-state index contributed by atoms with van der Waals surface area (Å²) < 4.78 is 10.5. The predicted octanol–water partition coefficient (Wildman–Crippen LogP) is 3.53. The van der Waals surface area contributed by atoms with Gasteiger partial charge in [-0.15, -0.1) is 0 Å². The lowest BCUT2D eigenvalue weighted by Gasteiger charge is -2.12. The van der Waals surface area contributed by atoms with Gasteiger partial charge in [-0.2, -0.15) is 10.4 Å². The fourth-order valence-electron chi connectivity index (χ4n) is 2.31. The highest BCUT2D eigenvalue weighted by molar-refractivity contribution is 7.80. The first-order valence-electron chi connectivity index (χ1n) is 7.89. The Bertz CT molecular complexity index is 839. The number of benzene rings is 2. The topological polar surface area (TPSA) is 78.7 Å². The quantitative estimate of drug-likeness (QED) is 0.461.